The van der Waals surface area contributed by atoms with E-state index in [0.717, 1.165) is 22.2 Å². The van der Waals surface area contributed by atoms with Crippen LogP contribution in [0, 0.1) is 5.41 Å². The second-order valence-corrected chi connectivity index (χ2v) is 10.0. The van der Waals surface area contributed by atoms with E-state index in [0.29, 0.717) is 44.1 Å². The summed E-state index contributed by atoms with van der Waals surface area (Å²) in [6, 6.07) is 21.5. The smallest absolute Gasteiger partial charge is 0.255 e. The Morgan fingerprint density at radius 2 is 1.90 bits per heavy atom. The number of aromatic nitrogens is 3. The number of hydrogen-bond donors (Lipinski definition) is 4. The lowest BCUT2D eigenvalue weighted by molar-refractivity contribution is 0.102. The lowest BCUT2D eigenvalue weighted by Crippen LogP contribution is -2.12. The molecule has 0 aliphatic rings. The number of aliphatic imine (C=N–C) groups is 1. The van der Waals surface area contributed by atoms with E-state index >= 15 is 0 Å². The monoisotopic (exact) mass is 550 g/mol. The molecule has 0 unspecified atom stereocenters. The van der Waals surface area contributed by atoms with Crippen LogP contribution in [-0.2, 0) is 0 Å². The van der Waals surface area contributed by atoms with E-state index in [9.17, 15) is 9.90 Å². The number of hydrogen-bond acceptors (Lipinski definition) is 8. The van der Waals surface area contributed by atoms with E-state index < -0.39 is 0 Å². The molecule has 5 rings (SSSR count). The topological polar surface area (TPSA) is 136 Å². The van der Waals surface area contributed by atoms with Crippen molar-refractivity contribution >= 4 is 44.5 Å². The maximum atomic E-state index is 13.1. The Balaban J connectivity index is 1.42. The number of benzene rings is 3. The predicted molar refractivity (Wildman–Crippen MR) is 161 cm³/mol. The molecule has 10 heteroatoms. The number of phenolic OH excluding ortho intramolecular Hbond substituents is 1. The summed E-state index contributed by atoms with van der Waals surface area (Å²) in [4.78, 5) is 29.5. The zero-order valence-corrected chi connectivity index (χ0v) is 22.8. The van der Waals surface area contributed by atoms with Crippen molar-refractivity contribution in [1.29, 1.82) is 5.41 Å². The van der Waals surface area contributed by atoms with Crippen molar-refractivity contribution in [3.63, 3.8) is 0 Å². The first-order valence-corrected chi connectivity index (χ1v) is 13.1. The first-order chi connectivity index (χ1) is 19.4. The molecule has 0 saturated carbocycles. The molecule has 0 bridgehead atoms. The van der Waals surface area contributed by atoms with Crippen molar-refractivity contribution in [3.05, 3.63) is 90.1 Å². The van der Waals surface area contributed by atoms with Gasteiger partial charge in [-0.25, -0.2) is 9.97 Å². The van der Waals surface area contributed by atoms with E-state index in [2.05, 4.69) is 25.3 Å². The van der Waals surface area contributed by atoms with E-state index in [1.807, 2.05) is 36.4 Å². The van der Waals surface area contributed by atoms with Crippen LogP contribution in [0.2, 0.25) is 0 Å². The molecule has 0 aliphatic heterocycles. The first-order valence-electron chi connectivity index (χ1n) is 12.3. The van der Waals surface area contributed by atoms with Crippen molar-refractivity contribution < 1.29 is 14.6 Å². The van der Waals surface area contributed by atoms with Crippen molar-refractivity contribution in [1.82, 2.24) is 15.0 Å². The predicted octanol–water partition coefficient (Wildman–Crippen LogP) is 6.37. The summed E-state index contributed by atoms with van der Waals surface area (Å²) < 4.78 is 5.39. The highest BCUT2D eigenvalue weighted by molar-refractivity contribution is 8.26. The van der Waals surface area contributed by atoms with Crippen LogP contribution < -0.4 is 10.1 Å². The molecule has 4 N–H and O–H groups in total. The van der Waals surface area contributed by atoms with Gasteiger partial charge in [0.25, 0.3) is 5.91 Å². The normalized spacial score (nSPS) is 11.4. The minimum Gasteiger partial charge on any atom is -0.507 e. The lowest BCUT2D eigenvalue weighted by Gasteiger charge is -2.09. The highest BCUT2D eigenvalue weighted by atomic mass is 32.2. The van der Waals surface area contributed by atoms with Crippen LogP contribution in [0.25, 0.3) is 33.5 Å². The molecular weight excluding hydrogens is 524 g/mol. The molecule has 0 spiro atoms. The van der Waals surface area contributed by atoms with Gasteiger partial charge in [0, 0.05) is 35.6 Å². The van der Waals surface area contributed by atoms with Crippen molar-refractivity contribution in [2.45, 2.75) is 6.92 Å². The zero-order chi connectivity index (χ0) is 28.2. The van der Waals surface area contributed by atoms with Crippen LogP contribution in [0.15, 0.2) is 84.0 Å². The number of carbonyl (C=O) groups is 1. The maximum absolute atomic E-state index is 13.1. The van der Waals surface area contributed by atoms with Gasteiger partial charge >= 0.3 is 0 Å². The van der Waals surface area contributed by atoms with E-state index in [-0.39, 0.29) is 11.7 Å². The minimum atomic E-state index is -0.289. The molecule has 200 valence electrons. The first kappa shape index (κ1) is 26.6. The molecule has 9 nitrogen and oxygen atoms in total. The highest BCUT2D eigenvalue weighted by Crippen LogP contribution is 2.35. The van der Waals surface area contributed by atoms with Gasteiger partial charge in [0.1, 0.15) is 16.6 Å². The molecule has 0 aliphatic carbocycles. The van der Waals surface area contributed by atoms with Crippen LogP contribution in [0.3, 0.4) is 0 Å². The molecule has 0 saturated heterocycles. The fraction of sp³-hybridized carbons (Fsp3) is 0.100. The standard InChI is InChI=1S/C30H26N6O3S/c1-17(31)40-30(32-2)20-6-4-7-21(14-20)34-28(38)19-9-11-24-25(16-19)36-27(35-24)23-15-18(10-12-26(23)37)22-8-5-13-33-29(22)39-3/h4-16,31,37H,1-3H3,(H,34,38)(H,35,36). The molecule has 2 aromatic heterocycles. The molecule has 0 fully saturated rings. The summed E-state index contributed by atoms with van der Waals surface area (Å²) >= 11 is 1.26. The van der Waals surface area contributed by atoms with E-state index in [1.54, 1.807) is 63.7 Å². The summed E-state index contributed by atoms with van der Waals surface area (Å²) in [6.07, 6.45) is 1.66. The second kappa shape index (κ2) is 11.4. The third kappa shape index (κ3) is 5.57. The van der Waals surface area contributed by atoms with E-state index in [4.69, 9.17) is 10.1 Å². The maximum Gasteiger partial charge on any atom is 0.255 e. The van der Waals surface area contributed by atoms with Gasteiger partial charge < -0.3 is 20.1 Å². The zero-order valence-electron chi connectivity index (χ0n) is 22.0. The number of phenols is 1. The molecule has 2 heterocycles. The molecule has 3 aromatic carbocycles. The number of nitrogens with one attached hydrogen (secondary N) is 3. The quantitative estimate of drug-likeness (QED) is 0.143. The summed E-state index contributed by atoms with van der Waals surface area (Å²) in [5, 5.41) is 22.4. The van der Waals surface area contributed by atoms with Gasteiger partial charge in [0.15, 0.2) is 0 Å². The summed E-state index contributed by atoms with van der Waals surface area (Å²) in [6.45, 7) is 1.70. The Kier molecular flexibility index (Phi) is 7.61. The Morgan fingerprint density at radius 1 is 1.05 bits per heavy atom. The Bertz CT molecular complexity index is 1780. The number of anilines is 1. The van der Waals surface area contributed by atoms with Crippen LogP contribution >= 0.6 is 11.8 Å². The van der Waals surface area contributed by atoms with Crippen LogP contribution in [0.4, 0.5) is 5.69 Å². The van der Waals surface area contributed by atoms with Crippen molar-refractivity contribution in [2.24, 2.45) is 4.99 Å². The molecule has 0 atom stereocenters. The van der Waals surface area contributed by atoms with Gasteiger partial charge in [0.05, 0.1) is 28.8 Å². The average molecular weight is 551 g/mol. The summed E-state index contributed by atoms with van der Waals surface area (Å²) in [5.74, 6) is 0.720. The Morgan fingerprint density at radius 3 is 2.67 bits per heavy atom. The molecule has 5 aromatic rings. The number of imidazole rings is 1. The fourth-order valence-corrected chi connectivity index (χ4v) is 4.88. The number of ether oxygens (including phenoxy) is 1. The van der Waals surface area contributed by atoms with Gasteiger partial charge in [-0.05, 0) is 67.1 Å². The number of pyridine rings is 1. The third-order valence-electron chi connectivity index (χ3n) is 6.09. The molecular formula is C30H26N6O3S. The minimum absolute atomic E-state index is 0.0647. The Labute approximate surface area is 234 Å². The summed E-state index contributed by atoms with van der Waals surface area (Å²) in [7, 11) is 3.24. The van der Waals surface area contributed by atoms with Crippen molar-refractivity contribution in [2.75, 3.05) is 19.5 Å². The van der Waals surface area contributed by atoms with E-state index in [1.165, 1.54) is 11.8 Å². The number of thioether (sulfide) groups is 1. The van der Waals surface area contributed by atoms with Crippen LogP contribution in [-0.4, -0.2) is 50.2 Å². The number of amides is 1. The molecule has 0 radical (unpaired) electrons. The number of aromatic amines is 1. The Hall–Kier alpha value is -4.96. The number of fused-ring (bicyclic) bond motifs is 1. The average Bonchev–Trinajstić information content (AvgIpc) is 3.39. The van der Waals surface area contributed by atoms with Gasteiger partial charge in [0.2, 0.25) is 5.88 Å². The number of H-pyrrole nitrogens is 1. The third-order valence-corrected chi connectivity index (χ3v) is 7.01. The van der Waals surface area contributed by atoms with Crippen molar-refractivity contribution in [3.8, 4) is 34.1 Å². The fourth-order valence-electron chi connectivity index (χ4n) is 4.25. The number of carbonyl (C=O) groups excluding carboxylic acids is 1. The largest absolute Gasteiger partial charge is 0.507 e. The van der Waals surface area contributed by atoms with Gasteiger partial charge in [-0.3, -0.25) is 15.2 Å². The number of aromatic hydroxyl groups is 1. The molecule has 40 heavy (non-hydrogen) atoms. The second-order valence-electron chi connectivity index (χ2n) is 8.83. The van der Waals surface area contributed by atoms with Gasteiger partial charge in [-0.1, -0.05) is 30.0 Å². The van der Waals surface area contributed by atoms with Gasteiger partial charge in [-0.2, -0.15) is 0 Å². The van der Waals surface area contributed by atoms with Crippen LogP contribution in [0.5, 0.6) is 11.6 Å². The SMILES string of the molecule is CN=C(SC(C)=N)c1cccc(NC(=O)c2ccc3[nH]c(-c4cc(-c5cccnc5OC)ccc4O)nc3c2)c1. The number of methoxy groups -OCH3 is 1. The van der Waals surface area contributed by atoms with Gasteiger partial charge in [-0.15, -0.1) is 0 Å². The highest BCUT2D eigenvalue weighted by Gasteiger charge is 2.16. The van der Waals surface area contributed by atoms with Crippen LogP contribution in [0.1, 0.15) is 22.8 Å². The summed E-state index contributed by atoms with van der Waals surface area (Å²) in [5.41, 5.74) is 5.27. The number of rotatable bonds is 6. The molecule has 1 amide bonds. The lowest BCUT2D eigenvalue weighted by atomic mass is 10.0. The number of nitrogens with zero attached hydrogens (tertiary/aromatic N) is 3.